The van der Waals surface area contributed by atoms with Crippen molar-refractivity contribution < 1.29 is 28.9 Å². The molecule has 0 aliphatic carbocycles. The van der Waals surface area contributed by atoms with Crippen LogP contribution >= 0.6 is 0 Å². The lowest BCUT2D eigenvalue weighted by molar-refractivity contribution is -0.385. The predicted octanol–water partition coefficient (Wildman–Crippen LogP) is 1.89. The van der Waals surface area contributed by atoms with Gasteiger partial charge in [-0.1, -0.05) is 0 Å². The maximum Gasteiger partial charge on any atom is 0.340 e. The third kappa shape index (κ3) is 4.69. The number of esters is 1. The number of nitro benzene ring substituents is 2. The van der Waals surface area contributed by atoms with E-state index in [9.17, 15) is 29.8 Å². The molecule has 0 heterocycles. The number of methoxy groups -OCH3 is 1. The van der Waals surface area contributed by atoms with E-state index in [0.29, 0.717) is 0 Å². The zero-order valence-electron chi connectivity index (χ0n) is 14.4. The first-order valence-corrected chi connectivity index (χ1v) is 7.56. The monoisotopic (exact) mass is 390 g/mol. The summed E-state index contributed by atoms with van der Waals surface area (Å²) in [7, 11) is 1.27. The van der Waals surface area contributed by atoms with Crippen LogP contribution in [0.15, 0.2) is 36.4 Å². The van der Waals surface area contributed by atoms with E-state index in [1.54, 1.807) is 0 Å². The SMILES string of the molecule is COc1cc([N+](=O)[O-])ccc1NC(=O)COC(=O)c1ccc([N+](=O)[O-])cc1N. The Morgan fingerprint density at radius 1 is 1.07 bits per heavy atom. The standard InChI is InChI=1S/C16H14N4O8/c1-27-14-7-10(20(25)26)3-5-13(14)18-15(21)8-28-16(22)11-4-2-9(19(23)24)6-12(11)17/h2-7H,8,17H2,1H3,(H,18,21). The molecule has 3 N–H and O–H groups in total. The van der Waals surface area contributed by atoms with Crippen LogP contribution in [0.3, 0.4) is 0 Å². The molecule has 0 fully saturated rings. The molecule has 0 aliphatic heterocycles. The minimum atomic E-state index is -0.946. The van der Waals surface area contributed by atoms with Gasteiger partial charge in [-0.3, -0.25) is 25.0 Å². The first kappa shape index (κ1) is 20.1. The molecule has 0 saturated carbocycles. The molecule has 2 rings (SSSR count). The number of carbonyl (C=O) groups is 2. The van der Waals surface area contributed by atoms with Gasteiger partial charge in [-0.2, -0.15) is 0 Å². The van der Waals surface area contributed by atoms with Crippen molar-refractivity contribution in [2.24, 2.45) is 0 Å². The summed E-state index contributed by atoms with van der Waals surface area (Å²) in [5, 5.41) is 23.8. The maximum atomic E-state index is 12.0. The highest BCUT2D eigenvalue weighted by Gasteiger charge is 2.18. The number of non-ortho nitro benzene ring substituents is 2. The maximum absolute atomic E-state index is 12.0. The molecule has 0 bridgehead atoms. The third-order valence-electron chi connectivity index (χ3n) is 3.47. The van der Waals surface area contributed by atoms with Gasteiger partial charge in [-0.05, 0) is 12.1 Å². The summed E-state index contributed by atoms with van der Waals surface area (Å²) in [5.74, 6) is -1.63. The Morgan fingerprint density at radius 3 is 2.25 bits per heavy atom. The fourth-order valence-electron chi connectivity index (χ4n) is 2.14. The summed E-state index contributed by atoms with van der Waals surface area (Å²) in [6.07, 6.45) is 0. The third-order valence-corrected chi connectivity index (χ3v) is 3.47. The Morgan fingerprint density at radius 2 is 1.68 bits per heavy atom. The molecule has 0 aromatic heterocycles. The molecule has 0 saturated heterocycles. The lowest BCUT2D eigenvalue weighted by Gasteiger charge is -2.10. The number of nitrogens with two attached hydrogens (primary N) is 1. The van der Waals surface area contributed by atoms with Gasteiger partial charge in [0.2, 0.25) is 0 Å². The van der Waals surface area contributed by atoms with Crippen molar-refractivity contribution in [3.63, 3.8) is 0 Å². The number of nitrogen functional groups attached to an aromatic ring is 1. The van der Waals surface area contributed by atoms with Gasteiger partial charge < -0.3 is 20.5 Å². The average Bonchev–Trinajstić information content (AvgIpc) is 2.66. The number of nitrogens with one attached hydrogen (secondary N) is 1. The number of amides is 1. The van der Waals surface area contributed by atoms with E-state index in [1.807, 2.05) is 0 Å². The van der Waals surface area contributed by atoms with Gasteiger partial charge in [0.15, 0.2) is 6.61 Å². The minimum absolute atomic E-state index is 0.0495. The second-order valence-electron chi connectivity index (χ2n) is 5.29. The van der Waals surface area contributed by atoms with E-state index in [1.165, 1.54) is 19.2 Å². The number of benzene rings is 2. The molecule has 0 radical (unpaired) electrons. The van der Waals surface area contributed by atoms with Crippen LogP contribution in [0.1, 0.15) is 10.4 Å². The van der Waals surface area contributed by atoms with E-state index in [4.69, 9.17) is 15.2 Å². The average molecular weight is 390 g/mol. The Labute approximate surface area is 157 Å². The lowest BCUT2D eigenvalue weighted by Crippen LogP contribution is -2.21. The number of hydrogen-bond acceptors (Lipinski definition) is 9. The molecule has 12 heteroatoms. The molecule has 28 heavy (non-hydrogen) atoms. The molecular weight excluding hydrogens is 376 g/mol. The Hall–Kier alpha value is -4.22. The van der Waals surface area contributed by atoms with Gasteiger partial charge >= 0.3 is 5.97 Å². The van der Waals surface area contributed by atoms with Gasteiger partial charge in [0.05, 0.1) is 40.0 Å². The fraction of sp³-hybridized carbons (Fsp3) is 0.125. The molecule has 1 amide bonds. The van der Waals surface area contributed by atoms with Crippen LogP contribution in [-0.4, -0.2) is 35.4 Å². The Bertz CT molecular complexity index is 960. The summed E-state index contributed by atoms with van der Waals surface area (Å²) in [6.45, 7) is -0.685. The molecule has 2 aromatic rings. The van der Waals surface area contributed by atoms with Crippen LogP contribution in [-0.2, 0) is 9.53 Å². The number of anilines is 2. The summed E-state index contributed by atoms with van der Waals surface area (Å²) in [4.78, 5) is 44.1. The van der Waals surface area contributed by atoms with Crippen molar-refractivity contribution in [3.8, 4) is 5.75 Å². The lowest BCUT2D eigenvalue weighted by atomic mass is 10.1. The van der Waals surface area contributed by atoms with Crippen LogP contribution in [0.2, 0.25) is 0 Å². The second kappa shape index (κ2) is 8.44. The molecule has 146 valence electrons. The van der Waals surface area contributed by atoms with Crippen molar-refractivity contribution in [2.45, 2.75) is 0 Å². The zero-order valence-corrected chi connectivity index (χ0v) is 14.4. The summed E-state index contributed by atoms with van der Waals surface area (Å²) < 4.78 is 9.81. The number of nitro groups is 2. The molecule has 12 nitrogen and oxygen atoms in total. The van der Waals surface area contributed by atoms with Crippen molar-refractivity contribution in [2.75, 3.05) is 24.8 Å². The molecule has 0 atom stereocenters. The predicted molar refractivity (Wildman–Crippen MR) is 96.1 cm³/mol. The van der Waals surface area contributed by atoms with Crippen molar-refractivity contribution in [1.82, 2.24) is 0 Å². The highest BCUT2D eigenvalue weighted by molar-refractivity contribution is 5.99. The Kier molecular flexibility index (Phi) is 6.06. The smallest absolute Gasteiger partial charge is 0.340 e. The highest BCUT2D eigenvalue weighted by atomic mass is 16.6. The normalized spacial score (nSPS) is 10.0. The second-order valence-corrected chi connectivity index (χ2v) is 5.29. The minimum Gasteiger partial charge on any atom is -0.494 e. The molecule has 2 aromatic carbocycles. The summed E-state index contributed by atoms with van der Waals surface area (Å²) in [6, 6.07) is 6.76. The zero-order chi connectivity index (χ0) is 20.8. The van der Waals surface area contributed by atoms with Crippen molar-refractivity contribution >= 4 is 34.6 Å². The number of ether oxygens (including phenoxy) is 2. The quantitative estimate of drug-likeness (QED) is 0.309. The number of carbonyl (C=O) groups excluding carboxylic acids is 2. The molecule has 0 aliphatic rings. The Balaban J connectivity index is 2.02. The van der Waals surface area contributed by atoms with Crippen LogP contribution < -0.4 is 15.8 Å². The molecular formula is C16H14N4O8. The van der Waals surface area contributed by atoms with Crippen molar-refractivity contribution in [1.29, 1.82) is 0 Å². The van der Waals surface area contributed by atoms with Gasteiger partial charge in [0.25, 0.3) is 17.3 Å². The van der Waals surface area contributed by atoms with E-state index in [0.717, 1.165) is 24.3 Å². The van der Waals surface area contributed by atoms with Gasteiger partial charge in [0.1, 0.15) is 5.75 Å². The van der Waals surface area contributed by atoms with Crippen molar-refractivity contribution in [3.05, 3.63) is 62.2 Å². The van der Waals surface area contributed by atoms with Gasteiger partial charge in [-0.15, -0.1) is 0 Å². The van der Waals surface area contributed by atoms with E-state index in [-0.39, 0.29) is 34.1 Å². The van der Waals surface area contributed by atoms with E-state index < -0.39 is 28.3 Å². The largest absolute Gasteiger partial charge is 0.494 e. The fourth-order valence-corrected chi connectivity index (χ4v) is 2.14. The van der Waals surface area contributed by atoms with Crippen LogP contribution in [0.4, 0.5) is 22.7 Å². The summed E-state index contributed by atoms with van der Waals surface area (Å²) in [5.41, 5.74) is 4.91. The van der Waals surface area contributed by atoms with Crippen LogP contribution in [0, 0.1) is 20.2 Å². The van der Waals surface area contributed by atoms with Crippen LogP contribution in [0.25, 0.3) is 0 Å². The number of hydrogen-bond donors (Lipinski definition) is 2. The number of rotatable bonds is 7. The molecule has 0 unspecified atom stereocenters. The van der Waals surface area contributed by atoms with Gasteiger partial charge in [0, 0.05) is 18.2 Å². The molecule has 0 spiro atoms. The van der Waals surface area contributed by atoms with E-state index in [2.05, 4.69) is 5.32 Å². The van der Waals surface area contributed by atoms with E-state index >= 15 is 0 Å². The van der Waals surface area contributed by atoms with Crippen LogP contribution in [0.5, 0.6) is 5.75 Å². The first-order chi connectivity index (χ1) is 13.2. The first-order valence-electron chi connectivity index (χ1n) is 7.56. The van der Waals surface area contributed by atoms with Gasteiger partial charge in [-0.25, -0.2) is 4.79 Å². The number of nitrogens with zero attached hydrogens (tertiary/aromatic N) is 2. The highest BCUT2D eigenvalue weighted by Crippen LogP contribution is 2.29. The topological polar surface area (TPSA) is 177 Å². The summed E-state index contributed by atoms with van der Waals surface area (Å²) >= 11 is 0.